The Balaban J connectivity index is 2.15. The lowest BCUT2D eigenvalue weighted by Gasteiger charge is -2.02. The van der Waals surface area contributed by atoms with Crippen molar-refractivity contribution < 1.29 is 0 Å². The van der Waals surface area contributed by atoms with E-state index in [2.05, 4.69) is 54.8 Å². The molecule has 3 aromatic rings. The first-order valence-electron chi connectivity index (χ1n) is 6.23. The average Bonchev–Trinajstić information content (AvgIpc) is 2.92. The Morgan fingerprint density at radius 3 is 2.50 bits per heavy atom. The fraction of sp³-hybridized carbons (Fsp3) is 0.267. The first-order valence-corrected chi connectivity index (χ1v) is 7.11. The lowest BCUT2D eigenvalue weighted by atomic mass is 10.1. The van der Waals surface area contributed by atoms with Gasteiger partial charge in [0.15, 0.2) is 4.96 Å². The zero-order chi connectivity index (χ0) is 12.7. The highest BCUT2D eigenvalue weighted by Gasteiger charge is 2.12. The summed E-state index contributed by atoms with van der Waals surface area (Å²) in [6, 6.07) is 8.73. The molecule has 3 heteroatoms. The molecular formula is C15H16N2S. The van der Waals surface area contributed by atoms with E-state index in [1.165, 1.54) is 22.5 Å². The van der Waals surface area contributed by atoms with Crippen molar-refractivity contribution in [2.24, 2.45) is 0 Å². The molecule has 0 atom stereocenters. The topological polar surface area (TPSA) is 17.3 Å². The van der Waals surface area contributed by atoms with Crippen LogP contribution in [0.2, 0.25) is 0 Å². The zero-order valence-corrected chi connectivity index (χ0v) is 11.7. The van der Waals surface area contributed by atoms with E-state index in [0.717, 1.165) is 17.1 Å². The maximum absolute atomic E-state index is 4.74. The number of hydrogen-bond acceptors (Lipinski definition) is 2. The number of hydrogen-bond donors (Lipinski definition) is 0. The minimum atomic E-state index is 1.08. The molecule has 0 spiro atoms. The number of fused-ring (bicyclic) bond motifs is 1. The molecule has 0 radical (unpaired) electrons. The number of benzene rings is 1. The van der Waals surface area contributed by atoms with Gasteiger partial charge in [0.25, 0.3) is 0 Å². The van der Waals surface area contributed by atoms with Crippen molar-refractivity contribution in [2.45, 2.75) is 27.2 Å². The second-order valence-corrected chi connectivity index (χ2v) is 5.43. The van der Waals surface area contributed by atoms with Crippen LogP contribution in [0.4, 0.5) is 0 Å². The van der Waals surface area contributed by atoms with Crippen LogP contribution in [0.25, 0.3) is 16.2 Å². The highest BCUT2D eigenvalue weighted by Crippen LogP contribution is 2.27. The summed E-state index contributed by atoms with van der Waals surface area (Å²) in [5.41, 5.74) is 6.17. The Labute approximate surface area is 111 Å². The maximum Gasteiger partial charge on any atom is 0.194 e. The van der Waals surface area contributed by atoms with E-state index in [4.69, 9.17) is 4.98 Å². The molecule has 0 saturated carbocycles. The summed E-state index contributed by atoms with van der Waals surface area (Å²) in [7, 11) is 0. The van der Waals surface area contributed by atoms with Gasteiger partial charge in [0.2, 0.25) is 0 Å². The van der Waals surface area contributed by atoms with Gasteiger partial charge in [0.05, 0.1) is 5.69 Å². The van der Waals surface area contributed by atoms with Gasteiger partial charge < -0.3 is 0 Å². The number of imidazole rings is 1. The Bertz CT molecular complexity index is 689. The van der Waals surface area contributed by atoms with Gasteiger partial charge in [-0.3, -0.25) is 4.40 Å². The third-order valence-electron chi connectivity index (χ3n) is 3.40. The molecule has 3 rings (SSSR count). The van der Waals surface area contributed by atoms with Gasteiger partial charge in [-0.2, -0.15) is 0 Å². The average molecular weight is 256 g/mol. The van der Waals surface area contributed by atoms with Crippen LogP contribution in [-0.4, -0.2) is 9.38 Å². The van der Waals surface area contributed by atoms with E-state index >= 15 is 0 Å². The van der Waals surface area contributed by atoms with Crippen LogP contribution in [0.5, 0.6) is 0 Å². The van der Waals surface area contributed by atoms with Crippen LogP contribution >= 0.6 is 11.3 Å². The number of nitrogens with zero attached hydrogens (tertiary/aromatic N) is 2. The van der Waals surface area contributed by atoms with E-state index in [1.54, 1.807) is 11.3 Å². The Kier molecular flexibility index (Phi) is 2.71. The van der Waals surface area contributed by atoms with Gasteiger partial charge in [0, 0.05) is 22.3 Å². The largest absolute Gasteiger partial charge is 0.292 e. The monoisotopic (exact) mass is 256 g/mol. The summed E-state index contributed by atoms with van der Waals surface area (Å²) in [5, 5.41) is 2.15. The van der Waals surface area contributed by atoms with Crippen LogP contribution in [0, 0.1) is 13.8 Å². The summed E-state index contributed by atoms with van der Waals surface area (Å²) in [5.74, 6) is 0. The molecule has 1 aromatic carbocycles. The lowest BCUT2D eigenvalue weighted by molar-refractivity contribution is 1.07. The predicted molar refractivity (Wildman–Crippen MR) is 77.4 cm³/mol. The molecule has 18 heavy (non-hydrogen) atoms. The van der Waals surface area contributed by atoms with Crippen LogP contribution in [0.3, 0.4) is 0 Å². The second-order valence-electron chi connectivity index (χ2n) is 4.59. The second kappa shape index (κ2) is 4.25. The first kappa shape index (κ1) is 11.5. The van der Waals surface area contributed by atoms with Crippen molar-refractivity contribution >= 4 is 16.3 Å². The summed E-state index contributed by atoms with van der Waals surface area (Å²) in [6.07, 6.45) is 1.08. The van der Waals surface area contributed by atoms with Gasteiger partial charge in [-0.15, -0.1) is 11.3 Å². The third kappa shape index (κ3) is 1.66. The smallest absolute Gasteiger partial charge is 0.194 e. The molecule has 92 valence electrons. The van der Waals surface area contributed by atoms with E-state index < -0.39 is 0 Å². The molecule has 0 N–H and O–H groups in total. The first-order chi connectivity index (χ1) is 8.70. The molecule has 0 saturated heterocycles. The van der Waals surface area contributed by atoms with Gasteiger partial charge >= 0.3 is 0 Å². The molecule has 0 aliphatic carbocycles. The third-order valence-corrected chi connectivity index (χ3v) is 4.34. The molecule has 2 heterocycles. The van der Waals surface area contributed by atoms with Crippen LogP contribution < -0.4 is 0 Å². The van der Waals surface area contributed by atoms with Gasteiger partial charge in [0.1, 0.15) is 0 Å². The summed E-state index contributed by atoms with van der Waals surface area (Å²) in [6.45, 7) is 6.45. The van der Waals surface area contributed by atoms with Crippen LogP contribution in [-0.2, 0) is 6.42 Å². The highest BCUT2D eigenvalue weighted by atomic mass is 32.1. The standard InChI is InChI=1S/C15H16N2S/c1-4-12-5-7-13(8-6-12)14-11(3)17-10(2)9-18-15(17)16-14/h5-9H,4H2,1-3H3. The lowest BCUT2D eigenvalue weighted by Crippen LogP contribution is -1.88. The van der Waals surface area contributed by atoms with Crippen LogP contribution in [0.15, 0.2) is 29.6 Å². The predicted octanol–water partition coefficient (Wildman–Crippen LogP) is 4.24. The molecule has 2 nitrogen and oxygen atoms in total. The quantitative estimate of drug-likeness (QED) is 0.670. The SMILES string of the molecule is CCc1ccc(-c2nc3scc(C)n3c2C)cc1. The molecule has 0 aliphatic heterocycles. The van der Waals surface area contributed by atoms with Crippen molar-refractivity contribution in [3.63, 3.8) is 0 Å². The Morgan fingerprint density at radius 1 is 1.17 bits per heavy atom. The zero-order valence-electron chi connectivity index (χ0n) is 10.9. The fourth-order valence-electron chi connectivity index (χ4n) is 2.33. The summed E-state index contributed by atoms with van der Waals surface area (Å²) < 4.78 is 2.23. The number of aromatic nitrogens is 2. The van der Waals surface area contributed by atoms with Gasteiger partial charge in [-0.05, 0) is 25.8 Å². The Hall–Kier alpha value is -1.61. The van der Waals surface area contributed by atoms with Crippen molar-refractivity contribution in [3.8, 4) is 11.3 Å². The molecule has 0 aliphatic rings. The molecule has 0 amide bonds. The molecule has 2 aromatic heterocycles. The minimum absolute atomic E-state index is 1.08. The maximum atomic E-state index is 4.74. The highest BCUT2D eigenvalue weighted by molar-refractivity contribution is 7.15. The Morgan fingerprint density at radius 2 is 1.89 bits per heavy atom. The van der Waals surface area contributed by atoms with E-state index in [0.29, 0.717) is 0 Å². The number of rotatable bonds is 2. The molecule has 0 unspecified atom stereocenters. The number of thiazole rings is 1. The number of aryl methyl sites for hydroxylation is 3. The summed E-state index contributed by atoms with van der Waals surface area (Å²) >= 11 is 1.70. The van der Waals surface area contributed by atoms with E-state index in [1.807, 2.05) is 0 Å². The van der Waals surface area contributed by atoms with Crippen molar-refractivity contribution in [3.05, 3.63) is 46.6 Å². The molecular weight excluding hydrogens is 240 g/mol. The van der Waals surface area contributed by atoms with Crippen molar-refractivity contribution in [1.82, 2.24) is 9.38 Å². The van der Waals surface area contributed by atoms with E-state index in [9.17, 15) is 0 Å². The van der Waals surface area contributed by atoms with Crippen LogP contribution in [0.1, 0.15) is 23.9 Å². The fourth-order valence-corrected chi connectivity index (χ4v) is 3.24. The normalized spacial score (nSPS) is 11.3. The van der Waals surface area contributed by atoms with E-state index in [-0.39, 0.29) is 0 Å². The van der Waals surface area contributed by atoms with Crippen molar-refractivity contribution in [1.29, 1.82) is 0 Å². The molecule has 0 bridgehead atoms. The summed E-state index contributed by atoms with van der Waals surface area (Å²) in [4.78, 5) is 5.82. The molecule has 0 fully saturated rings. The van der Waals surface area contributed by atoms with Crippen molar-refractivity contribution in [2.75, 3.05) is 0 Å². The minimum Gasteiger partial charge on any atom is -0.292 e. The van der Waals surface area contributed by atoms with Gasteiger partial charge in [-0.25, -0.2) is 4.98 Å². The van der Waals surface area contributed by atoms with Gasteiger partial charge in [-0.1, -0.05) is 31.2 Å².